The van der Waals surface area contributed by atoms with Crippen molar-refractivity contribution in [1.29, 1.82) is 0 Å². The molecule has 1 N–H and O–H groups in total. The maximum atomic E-state index is 12.0. The molecule has 0 aliphatic heterocycles. The minimum Gasteiger partial charge on any atom is -0.492 e. The Balaban J connectivity index is 1.88. The van der Waals surface area contributed by atoms with Gasteiger partial charge in [-0.15, -0.1) is 0 Å². The Bertz CT molecular complexity index is 924. The number of nitrogens with zero attached hydrogens (tertiary/aromatic N) is 4. The molecule has 2 aromatic rings. The van der Waals surface area contributed by atoms with Crippen molar-refractivity contribution in [3.8, 4) is 5.88 Å². The molecule has 2 aliphatic carbocycles. The molecule has 0 aromatic carbocycles. The van der Waals surface area contributed by atoms with E-state index in [1.165, 1.54) is 10.6 Å². The first-order chi connectivity index (χ1) is 11.1. The van der Waals surface area contributed by atoms with Gasteiger partial charge in [-0.05, 0) is 50.0 Å². The Morgan fingerprint density at radius 2 is 1.96 bits per heavy atom. The summed E-state index contributed by atoms with van der Waals surface area (Å²) in [5.41, 5.74) is 2.71. The van der Waals surface area contributed by atoms with Crippen LogP contribution in [0.3, 0.4) is 0 Å². The van der Waals surface area contributed by atoms with Crippen LogP contribution < -0.4 is 0 Å². The van der Waals surface area contributed by atoms with Crippen molar-refractivity contribution >= 4 is 33.6 Å². The second kappa shape index (κ2) is 5.42. The van der Waals surface area contributed by atoms with E-state index >= 15 is 0 Å². The standard InChI is InChI=1S/C16H13BrN4O2/c17-10-5-6-14(22)9(7-10)8-13-15(23)19-16-18-11-3-1-2-4-12(11)20-21(13)16/h5-8,23H,1-4H2/b9-8+. The van der Waals surface area contributed by atoms with Gasteiger partial charge in [0, 0.05) is 10.1 Å². The molecule has 0 bridgehead atoms. The summed E-state index contributed by atoms with van der Waals surface area (Å²) in [4.78, 5) is 20.5. The lowest BCUT2D eigenvalue weighted by Gasteiger charge is -2.13. The molecule has 6 nitrogen and oxygen atoms in total. The fourth-order valence-electron chi connectivity index (χ4n) is 2.82. The molecule has 2 aliphatic rings. The van der Waals surface area contributed by atoms with Crippen LogP contribution in [0.2, 0.25) is 0 Å². The lowest BCUT2D eigenvalue weighted by atomic mass is 10.0. The topological polar surface area (TPSA) is 80.4 Å². The highest BCUT2D eigenvalue weighted by Crippen LogP contribution is 2.26. The summed E-state index contributed by atoms with van der Waals surface area (Å²) in [5.74, 6) is 0.0528. The highest BCUT2D eigenvalue weighted by molar-refractivity contribution is 9.11. The van der Waals surface area contributed by atoms with E-state index in [0.717, 1.165) is 41.6 Å². The van der Waals surface area contributed by atoms with Crippen LogP contribution in [0, 0.1) is 0 Å². The lowest BCUT2D eigenvalue weighted by Crippen LogP contribution is -2.12. The largest absolute Gasteiger partial charge is 0.492 e. The fraction of sp³-hybridized carbons (Fsp3) is 0.250. The van der Waals surface area contributed by atoms with Gasteiger partial charge < -0.3 is 5.11 Å². The Kier molecular flexibility index (Phi) is 3.37. The first-order valence-corrected chi connectivity index (χ1v) is 8.20. The zero-order valence-electron chi connectivity index (χ0n) is 12.2. The van der Waals surface area contributed by atoms with Crippen LogP contribution in [-0.4, -0.2) is 30.5 Å². The van der Waals surface area contributed by atoms with Crippen LogP contribution in [0.25, 0.3) is 11.9 Å². The van der Waals surface area contributed by atoms with E-state index < -0.39 is 0 Å². The van der Waals surface area contributed by atoms with Gasteiger partial charge in [0.25, 0.3) is 5.78 Å². The maximum absolute atomic E-state index is 12.0. The van der Waals surface area contributed by atoms with Gasteiger partial charge in [0.2, 0.25) is 5.88 Å². The predicted octanol–water partition coefficient (Wildman–Crippen LogP) is 2.51. The van der Waals surface area contributed by atoms with Crippen LogP contribution in [0.5, 0.6) is 5.88 Å². The Hall–Kier alpha value is -2.28. The number of aromatic hydroxyl groups is 1. The first kappa shape index (κ1) is 14.3. The number of fused-ring (bicyclic) bond motifs is 2. The monoisotopic (exact) mass is 372 g/mol. The van der Waals surface area contributed by atoms with Crippen LogP contribution in [0.15, 0.2) is 28.3 Å². The van der Waals surface area contributed by atoms with Crippen molar-refractivity contribution in [1.82, 2.24) is 19.6 Å². The van der Waals surface area contributed by atoms with E-state index in [0.29, 0.717) is 17.0 Å². The molecular weight excluding hydrogens is 360 g/mol. The van der Waals surface area contributed by atoms with Gasteiger partial charge in [-0.25, -0.2) is 4.98 Å². The molecule has 0 amide bonds. The quantitative estimate of drug-likeness (QED) is 0.777. The number of halogens is 1. The molecule has 23 heavy (non-hydrogen) atoms. The van der Waals surface area contributed by atoms with E-state index in [4.69, 9.17) is 0 Å². The predicted molar refractivity (Wildman–Crippen MR) is 88.2 cm³/mol. The normalized spacial score (nSPS) is 19.3. The molecule has 0 fully saturated rings. The number of aromatic nitrogens is 4. The molecule has 0 saturated carbocycles. The van der Waals surface area contributed by atoms with Gasteiger partial charge in [-0.1, -0.05) is 15.9 Å². The average Bonchev–Trinajstić information content (AvgIpc) is 2.84. The van der Waals surface area contributed by atoms with Gasteiger partial charge >= 0.3 is 0 Å². The molecule has 7 heteroatoms. The molecule has 2 heterocycles. The molecule has 0 unspecified atom stereocenters. The molecule has 0 spiro atoms. The van der Waals surface area contributed by atoms with Crippen molar-refractivity contribution in [2.75, 3.05) is 0 Å². The molecule has 4 rings (SSSR count). The third-order valence-electron chi connectivity index (χ3n) is 3.98. The molecule has 116 valence electrons. The Labute approximate surface area is 140 Å². The minimum absolute atomic E-state index is 0.131. The molecule has 0 saturated heterocycles. The van der Waals surface area contributed by atoms with Crippen LogP contribution >= 0.6 is 15.9 Å². The van der Waals surface area contributed by atoms with E-state index in [1.807, 2.05) is 0 Å². The van der Waals surface area contributed by atoms with Crippen LogP contribution in [0.1, 0.15) is 29.9 Å². The number of imidazole rings is 1. The SMILES string of the molecule is O=C1C=CC(Br)=C/C1=C\c1c(O)nc2nc3c(nn12)CCCC3. The molecule has 0 atom stereocenters. The molecule has 0 radical (unpaired) electrons. The van der Waals surface area contributed by atoms with E-state index in [2.05, 4.69) is 31.0 Å². The van der Waals surface area contributed by atoms with Crippen molar-refractivity contribution in [2.24, 2.45) is 0 Å². The number of ketones is 1. The summed E-state index contributed by atoms with van der Waals surface area (Å²) >= 11 is 3.35. The average molecular weight is 373 g/mol. The number of carbonyl (C=O) groups is 1. The summed E-state index contributed by atoms with van der Waals surface area (Å²) in [6, 6.07) is 0. The lowest BCUT2D eigenvalue weighted by molar-refractivity contribution is -0.111. The third-order valence-corrected chi connectivity index (χ3v) is 4.48. The van der Waals surface area contributed by atoms with Crippen molar-refractivity contribution in [3.05, 3.63) is 45.4 Å². The smallest absolute Gasteiger partial charge is 0.254 e. The van der Waals surface area contributed by atoms with Crippen LogP contribution in [0.4, 0.5) is 0 Å². The van der Waals surface area contributed by atoms with Gasteiger partial charge in [0.15, 0.2) is 5.78 Å². The van der Waals surface area contributed by atoms with E-state index in [-0.39, 0.29) is 11.7 Å². The summed E-state index contributed by atoms with van der Waals surface area (Å²) in [6.45, 7) is 0. The third kappa shape index (κ3) is 2.50. The van der Waals surface area contributed by atoms with E-state index in [9.17, 15) is 9.90 Å². The van der Waals surface area contributed by atoms with Gasteiger partial charge in [-0.2, -0.15) is 14.6 Å². The fourth-order valence-corrected chi connectivity index (χ4v) is 3.20. The zero-order chi connectivity index (χ0) is 16.0. The highest BCUT2D eigenvalue weighted by Gasteiger charge is 2.19. The maximum Gasteiger partial charge on any atom is 0.254 e. The summed E-state index contributed by atoms with van der Waals surface area (Å²) < 4.78 is 2.31. The Morgan fingerprint density at radius 3 is 2.78 bits per heavy atom. The van der Waals surface area contributed by atoms with Crippen LogP contribution in [-0.2, 0) is 17.6 Å². The van der Waals surface area contributed by atoms with Gasteiger partial charge in [-0.3, -0.25) is 4.79 Å². The zero-order valence-corrected chi connectivity index (χ0v) is 13.7. The number of aryl methyl sites for hydroxylation is 2. The summed E-state index contributed by atoms with van der Waals surface area (Å²) in [7, 11) is 0. The Morgan fingerprint density at radius 1 is 1.17 bits per heavy atom. The van der Waals surface area contributed by atoms with Crippen molar-refractivity contribution < 1.29 is 9.90 Å². The minimum atomic E-state index is -0.174. The first-order valence-electron chi connectivity index (χ1n) is 7.40. The highest BCUT2D eigenvalue weighted by atomic mass is 79.9. The summed E-state index contributed by atoms with van der Waals surface area (Å²) in [6.07, 6.45) is 10.4. The van der Waals surface area contributed by atoms with Gasteiger partial charge in [0.05, 0.1) is 11.4 Å². The van der Waals surface area contributed by atoms with Crippen molar-refractivity contribution in [2.45, 2.75) is 25.7 Å². The number of hydrogen-bond acceptors (Lipinski definition) is 5. The number of hydrogen-bond donors (Lipinski definition) is 1. The second-order valence-corrected chi connectivity index (χ2v) is 6.49. The molecular formula is C16H13BrN4O2. The number of carbonyl (C=O) groups excluding carboxylic acids is 1. The summed E-state index contributed by atoms with van der Waals surface area (Å²) in [5, 5.41) is 14.7. The molecule has 2 aromatic heterocycles. The second-order valence-electron chi connectivity index (χ2n) is 5.57. The number of rotatable bonds is 1. The van der Waals surface area contributed by atoms with Crippen molar-refractivity contribution in [3.63, 3.8) is 0 Å². The number of allylic oxidation sites excluding steroid dienone is 5. The van der Waals surface area contributed by atoms with E-state index in [1.54, 1.807) is 18.2 Å². The van der Waals surface area contributed by atoms with Gasteiger partial charge in [0.1, 0.15) is 5.69 Å².